The van der Waals surface area contributed by atoms with Crippen molar-refractivity contribution in [3.05, 3.63) is 29.8 Å². The Morgan fingerprint density at radius 3 is 3.12 bits per heavy atom. The van der Waals surface area contributed by atoms with Crippen molar-refractivity contribution in [3.8, 4) is 0 Å². The van der Waals surface area contributed by atoms with Crippen LogP contribution in [0.5, 0.6) is 0 Å². The molecular weight excluding hydrogens is 319 g/mol. The summed E-state index contributed by atoms with van der Waals surface area (Å²) in [4.78, 5) is 22.2. The fourth-order valence-corrected chi connectivity index (χ4v) is 3.65. The number of likely N-dealkylation sites (tertiary alicyclic amines) is 1. The maximum Gasteiger partial charge on any atom is 0.225 e. The van der Waals surface area contributed by atoms with Crippen LogP contribution < -0.4 is 5.32 Å². The first-order valence-corrected chi connectivity index (χ1v) is 9.17. The summed E-state index contributed by atoms with van der Waals surface area (Å²) in [6.07, 6.45) is 4.32. The SMILES string of the molecule is CC1(C(=O)NC[C@@H]2CCCN(Cc3nc4ccc(F)cc4[nH]3)C2)CC1. The van der Waals surface area contributed by atoms with Gasteiger partial charge in [-0.2, -0.15) is 0 Å². The van der Waals surface area contributed by atoms with Crippen LogP contribution in [0.2, 0.25) is 0 Å². The summed E-state index contributed by atoms with van der Waals surface area (Å²) in [7, 11) is 0. The summed E-state index contributed by atoms with van der Waals surface area (Å²) in [6, 6.07) is 4.63. The predicted octanol–water partition coefficient (Wildman–Crippen LogP) is 2.83. The molecule has 134 valence electrons. The molecule has 1 saturated heterocycles. The second kappa shape index (κ2) is 6.41. The summed E-state index contributed by atoms with van der Waals surface area (Å²) in [5, 5.41) is 3.14. The molecule has 25 heavy (non-hydrogen) atoms. The number of amides is 1. The maximum atomic E-state index is 13.3. The molecule has 0 radical (unpaired) electrons. The maximum absolute atomic E-state index is 13.3. The molecule has 5 nitrogen and oxygen atoms in total. The van der Waals surface area contributed by atoms with Crippen LogP contribution >= 0.6 is 0 Å². The van der Waals surface area contributed by atoms with Crippen LogP contribution in [0.15, 0.2) is 18.2 Å². The van der Waals surface area contributed by atoms with Crippen molar-refractivity contribution in [2.45, 2.75) is 39.2 Å². The summed E-state index contributed by atoms with van der Waals surface area (Å²) in [5.74, 6) is 1.32. The van der Waals surface area contributed by atoms with Crippen molar-refractivity contribution in [1.29, 1.82) is 0 Å². The van der Waals surface area contributed by atoms with Gasteiger partial charge in [-0.15, -0.1) is 0 Å². The molecule has 0 unspecified atom stereocenters. The van der Waals surface area contributed by atoms with Gasteiger partial charge in [0.2, 0.25) is 5.91 Å². The molecule has 6 heteroatoms. The highest BCUT2D eigenvalue weighted by molar-refractivity contribution is 5.84. The van der Waals surface area contributed by atoms with Crippen molar-refractivity contribution < 1.29 is 9.18 Å². The summed E-state index contributed by atoms with van der Waals surface area (Å²) >= 11 is 0. The van der Waals surface area contributed by atoms with Crippen molar-refractivity contribution in [2.75, 3.05) is 19.6 Å². The number of hydrogen-bond donors (Lipinski definition) is 2. The van der Waals surface area contributed by atoms with Crippen LogP contribution in [-0.4, -0.2) is 40.4 Å². The zero-order valence-corrected chi connectivity index (χ0v) is 14.6. The normalized spacial score (nSPS) is 22.9. The Bertz CT molecular complexity index is 783. The number of hydrogen-bond acceptors (Lipinski definition) is 3. The van der Waals surface area contributed by atoms with E-state index in [1.165, 1.54) is 12.1 Å². The van der Waals surface area contributed by atoms with E-state index in [0.717, 1.165) is 68.7 Å². The minimum Gasteiger partial charge on any atom is -0.355 e. The van der Waals surface area contributed by atoms with Crippen LogP contribution in [-0.2, 0) is 11.3 Å². The molecule has 1 aromatic heterocycles. The van der Waals surface area contributed by atoms with E-state index in [4.69, 9.17) is 0 Å². The van der Waals surface area contributed by atoms with Crippen molar-refractivity contribution in [2.24, 2.45) is 11.3 Å². The molecule has 0 spiro atoms. The zero-order chi connectivity index (χ0) is 17.4. The van der Waals surface area contributed by atoms with Crippen molar-refractivity contribution in [3.63, 3.8) is 0 Å². The minimum absolute atomic E-state index is 0.0993. The van der Waals surface area contributed by atoms with E-state index in [1.54, 1.807) is 6.07 Å². The number of benzene rings is 1. The number of carbonyl (C=O) groups is 1. The van der Waals surface area contributed by atoms with Crippen molar-refractivity contribution in [1.82, 2.24) is 20.2 Å². The van der Waals surface area contributed by atoms with Gasteiger partial charge in [0.1, 0.15) is 11.6 Å². The average molecular weight is 344 g/mol. The number of imidazole rings is 1. The first-order chi connectivity index (χ1) is 12.0. The van der Waals surface area contributed by atoms with Gasteiger partial charge in [0, 0.05) is 18.5 Å². The topological polar surface area (TPSA) is 61.0 Å². The zero-order valence-electron chi connectivity index (χ0n) is 14.6. The number of fused-ring (bicyclic) bond motifs is 1. The third-order valence-electron chi connectivity index (χ3n) is 5.57. The van der Waals surface area contributed by atoms with Gasteiger partial charge in [-0.3, -0.25) is 9.69 Å². The van der Waals surface area contributed by atoms with Gasteiger partial charge in [-0.05, 0) is 56.3 Å². The Labute approximate surface area is 147 Å². The number of aromatic amines is 1. The first-order valence-electron chi connectivity index (χ1n) is 9.17. The van der Waals surface area contributed by atoms with E-state index in [9.17, 15) is 9.18 Å². The van der Waals surface area contributed by atoms with Crippen LogP contribution in [0.4, 0.5) is 4.39 Å². The summed E-state index contributed by atoms with van der Waals surface area (Å²) < 4.78 is 13.3. The number of halogens is 1. The molecular formula is C19H25FN4O. The number of piperidine rings is 1. The fraction of sp³-hybridized carbons (Fsp3) is 0.579. The lowest BCUT2D eigenvalue weighted by atomic mass is 9.97. The molecule has 0 bridgehead atoms. The Hall–Kier alpha value is -1.95. The molecule has 1 atom stereocenters. The highest BCUT2D eigenvalue weighted by Crippen LogP contribution is 2.45. The molecule has 2 fully saturated rings. The standard InChI is InChI=1S/C19H25FN4O/c1-19(6-7-19)18(25)21-10-13-3-2-8-24(11-13)12-17-22-15-5-4-14(20)9-16(15)23-17/h4-5,9,13H,2-3,6-8,10-12H2,1H3,(H,21,25)(H,22,23)/t13-/m0/s1. The van der Waals surface area contributed by atoms with Crippen LogP contribution in [0, 0.1) is 17.2 Å². The molecule has 1 aromatic carbocycles. The summed E-state index contributed by atoms with van der Waals surface area (Å²) in [6.45, 7) is 5.53. The lowest BCUT2D eigenvalue weighted by molar-refractivity contribution is -0.126. The number of nitrogens with one attached hydrogen (secondary N) is 2. The molecule has 1 saturated carbocycles. The highest BCUT2D eigenvalue weighted by atomic mass is 19.1. The van der Waals surface area contributed by atoms with E-state index >= 15 is 0 Å². The number of nitrogens with zero attached hydrogens (tertiary/aromatic N) is 2. The molecule has 2 heterocycles. The van der Waals surface area contributed by atoms with Gasteiger partial charge in [-0.1, -0.05) is 6.92 Å². The lowest BCUT2D eigenvalue weighted by Gasteiger charge is -2.32. The average Bonchev–Trinajstić information content (AvgIpc) is 3.22. The van der Waals surface area contributed by atoms with E-state index in [-0.39, 0.29) is 17.1 Å². The van der Waals surface area contributed by atoms with E-state index in [0.29, 0.717) is 5.92 Å². The molecule has 1 aliphatic carbocycles. The van der Waals surface area contributed by atoms with Crippen LogP contribution in [0.3, 0.4) is 0 Å². The smallest absolute Gasteiger partial charge is 0.225 e. The van der Waals surface area contributed by atoms with Gasteiger partial charge < -0.3 is 10.3 Å². The van der Waals surface area contributed by atoms with Gasteiger partial charge in [0.05, 0.1) is 17.6 Å². The Kier molecular flexibility index (Phi) is 4.23. The largest absolute Gasteiger partial charge is 0.355 e. The molecule has 2 aliphatic rings. The van der Waals surface area contributed by atoms with Gasteiger partial charge in [-0.25, -0.2) is 9.37 Å². The molecule has 1 amide bonds. The quantitative estimate of drug-likeness (QED) is 0.877. The third-order valence-corrected chi connectivity index (χ3v) is 5.57. The first kappa shape index (κ1) is 16.5. The van der Waals surface area contributed by atoms with E-state index < -0.39 is 0 Å². The minimum atomic E-state index is -0.249. The number of H-pyrrole nitrogens is 1. The Morgan fingerprint density at radius 2 is 2.32 bits per heavy atom. The number of carbonyl (C=O) groups excluding carboxylic acids is 1. The molecule has 2 aromatic rings. The number of aromatic nitrogens is 2. The van der Waals surface area contributed by atoms with Crippen molar-refractivity contribution >= 4 is 16.9 Å². The summed E-state index contributed by atoms with van der Waals surface area (Å²) in [5.41, 5.74) is 1.45. The lowest BCUT2D eigenvalue weighted by Crippen LogP contribution is -2.42. The van der Waals surface area contributed by atoms with Gasteiger partial charge in [0.15, 0.2) is 0 Å². The number of rotatable bonds is 5. The van der Waals surface area contributed by atoms with Gasteiger partial charge in [0.25, 0.3) is 0 Å². The van der Waals surface area contributed by atoms with Crippen LogP contribution in [0.1, 0.15) is 38.4 Å². The van der Waals surface area contributed by atoms with E-state index in [2.05, 4.69) is 20.2 Å². The second-order valence-corrected chi connectivity index (χ2v) is 7.86. The fourth-order valence-electron chi connectivity index (χ4n) is 3.65. The van der Waals surface area contributed by atoms with Crippen LogP contribution in [0.25, 0.3) is 11.0 Å². The third kappa shape index (κ3) is 3.68. The molecule has 4 rings (SSSR count). The Morgan fingerprint density at radius 1 is 1.48 bits per heavy atom. The monoisotopic (exact) mass is 344 g/mol. The second-order valence-electron chi connectivity index (χ2n) is 7.86. The highest BCUT2D eigenvalue weighted by Gasteiger charge is 2.44. The predicted molar refractivity (Wildman–Crippen MR) is 94.4 cm³/mol. The van der Waals surface area contributed by atoms with Gasteiger partial charge >= 0.3 is 0 Å². The van der Waals surface area contributed by atoms with E-state index in [1.807, 2.05) is 6.92 Å². The Balaban J connectivity index is 1.33. The molecule has 2 N–H and O–H groups in total. The molecule has 1 aliphatic heterocycles.